The summed E-state index contributed by atoms with van der Waals surface area (Å²) in [5, 5.41) is 9.96. The molecule has 4 rings (SSSR count). The van der Waals surface area contributed by atoms with Gasteiger partial charge < -0.3 is 5.73 Å². The van der Waals surface area contributed by atoms with Crippen LogP contribution in [0.1, 0.15) is 35.6 Å². The van der Waals surface area contributed by atoms with Crippen molar-refractivity contribution < 1.29 is 18.0 Å². The predicted molar refractivity (Wildman–Crippen MR) is 116 cm³/mol. The lowest BCUT2D eigenvalue weighted by atomic mass is 9.78. The highest BCUT2D eigenvalue weighted by Gasteiger charge is 2.42. The lowest BCUT2D eigenvalue weighted by Gasteiger charge is -2.39. The highest BCUT2D eigenvalue weighted by Crippen LogP contribution is 2.49. The van der Waals surface area contributed by atoms with Crippen molar-refractivity contribution in [2.75, 3.05) is 4.90 Å². The number of halogens is 5. The monoisotopic (exact) mass is 527 g/mol. The summed E-state index contributed by atoms with van der Waals surface area (Å²) in [7, 11) is 0. The van der Waals surface area contributed by atoms with Crippen LogP contribution >= 0.6 is 38.9 Å². The molecule has 2 heterocycles. The van der Waals surface area contributed by atoms with Gasteiger partial charge in [0.05, 0.1) is 37.6 Å². The van der Waals surface area contributed by atoms with Gasteiger partial charge >= 0.3 is 6.18 Å². The molecule has 2 aliphatic rings. The van der Waals surface area contributed by atoms with Gasteiger partial charge in [-0.05, 0) is 59.1 Å². The van der Waals surface area contributed by atoms with E-state index in [2.05, 4.69) is 22.0 Å². The van der Waals surface area contributed by atoms with E-state index in [4.69, 9.17) is 17.3 Å². The Hall–Kier alpha value is -2.28. The molecule has 1 atom stereocenters. The first-order chi connectivity index (χ1) is 14.6. The number of allylic oxidation sites excluding steroid dienone is 3. The molecule has 0 spiro atoms. The van der Waals surface area contributed by atoms with E-state index in [1.54, 1.807) is 0 Å². The first-order valence-corrected chi connectivity index (χ1v) is 11.2. The minimum Gasteiger partial charge on any atom is -0.384 e. The molecule has 1 unspecified atom stereocenters. The molecule has 1 aliphatic heterocycles. The number of hydrogen-bond acceptors (Lipinski definition) is 5. The quantitative estimate of drug-likeness (QED) is 0.484. The molecule has 0 saturated carbocycles. The van der Waals surface area contributed by atoms with E-state index in [-0.39, 0.29) is 27.9 Å². The van der Waals surface area contributed by atoms with Crippen molar-refractivity contribution in [3.05, 3.63) is 72.2 Å². The molecule has 31 heavy (non-hydrogen) atoms. The van der Waals surface area contributed by atoms with E-state index in [9.17, 15) is 23.2 Å². The number of rotatable bonds is 2. The maximum Gasteiger partial charge on any atom is 0.416 e. The van der Waals surface area contributed by atoms with Crippen LogP contribution in [0, 0.1) is 11.3 Å². The zero-order chi connectivity index (χ0) is 22.5. The van der Waals surface area contributed by atoms with Gasteiger partial charge in [-0.15, -0.1) is 11.3 Å². The number of benzene rings is 1. The molecule has 0 amide bonds. The minimum atomic E-state index is -4.59. The van der Waals surface area contributed by atoms with E-state index in [1.165, 1.54) is 16.2 Å². The van der Waals surface area contributed by atoms with Crippen LogP contribution < -0.4 is 10.6 Å². The smallest absolute Gasteiger partial charge is 0.384 e. The van der Waals surface area contributed by atoms with Crippen molar-refractivity contribution in [3.63, 3.8) is 0 Å². The van der Waals surface area contributed by atoms with E-state index >= 15 is 0 Å². The van der Waals surface area contributed by atoms with Gasteiger partial charge in [0.1, 0.15) is 5.82 Å². The van der Waals surface area contributed by atoms with Gasteiger partial charge in [0.15, 0.2) is 5.78 Å². The van der Waals surface area contributed by atoms with Crippen molar-refractivity contribution in [1.82, 2.24) is 0 Å². The molecule has 4 nitrogen and oxygen atoms in total. The fourth-order valence-corrected chi connectivity index (χ4v) is 5.74. The molecule has 10 heteroatoms. The zero-order valence-electron chi connectivity index (χ0n) is 15.8. The number of alkyl halides is 3. The number of nitriles is 1. The highest BCUT2D eigenvalue weighted by molar-refractivity contribution is 9.11. The molecular weight excluding hydrogens is 515 g/mol. The Morgan fingerprint density at radius 1 is 1.26 bits per heavy atom. The number of anilines is 1. The topological polar surface area (TPSA) is 70.1 Å². The second-order valence-electron chi connectivity index (χ2n) is 7.12. The highest BCUT2D eigenvalue weighted by atomic mass is 79.9. The molecule has 1 aromatic heterocycles. The van der Waals surface area contributed by atoms with Gasteiger partial charge in [0.25, 0.3) is 0 Å². The fraction of sp³-hybridized carbons (Fsp3) is 0.238. The molecule has 0 saturated heterocycles. The summed E-state index contributed by atoms with van der Waals surface area (Å²) in [5.74, 6) is -0.833. The first kappa shape index (κ1) is 21.9. The standard InChI is InChI=1S/C21H14BrClF3N3OS/c22-17-7-6-16(31-17)18-11(9-27)20(28)29(13-2-1-3-15(30)19(13)18)14-8-10(21(24,25)26)4-5-12(14)23/h4-8,18H,1-3,28H2. The Labute approximate surface area is 193 Å². The summed E-state index contributed by atoms with van der Waals surface area (Å²) in [4.78, 5) is 15.1. The maximum atomic E-state index is 13.4. The number of nitrogens with two attached hydrogens (primary N) is 1. The number of nitrogens with zero attached hydrogens (tertiary/aromatic N) is 2. The average Bonchev–Trinajstić information content (AvgIpc) is 3.13. The van der Waals surface area contributed by atoms with Crippen molar-refractivity contribution in [3.8, 4) is 6.07 Å². The van der Waals surface area contributed by atoms with Crippen LogP contribution in [0.4, 0.5) is 18.9 Å². The Balaban J connectivity index is 1.99. The third-order valence-electron chi connectivity index (χ3n) is 5.31. The van der Waals surface area contributed by atoms with Crippen LogP contribution in [0.15, 0.2) is 56.8 Å². The summed E-state index contributed by atoms with van der Waals surface area (Å²) >= 11 is 11.1. The molecule has 1 aliphatic carbocycles. The van der Waals surface area contributed by atoms with Gasteiger partial charge in [-0.2, -0.15) is 18.4 Å². The van der Waals surface area contributed by atoms with Crippen molar-refractivity contribution in [2.45, 2.75) is 31.4 Å². The third kappa shape index (κ3) is 3.77. The third-order valence-corrected chi connectivity index (χ3v) is 7.31. The fourth-order valence-electron chi connectivity index (χ4n) is 3.99. The number of ketones is 1. The molecule has 0 fully saturated rings. The summed E-state index contributed by atoms with van der Waals surface area (Å²) in [6, 6.07) is 8.63. The Morgan fingerprint density at radius 2 is 2.00 bits per heavy atom. The molecule has 0 radical (unpaired) electrons. The lowest BCUT2D eigenvalue weighted by Crippen LogP contribution is -2.38. The van der Waals surface area contributed by atoms with Crippen LogP contribution in [0.25, 0.3) is 0 Å². The molecule has 2 aromatic rings. The van der Waals surface area contributed by atoms with E-state index in [0.29, 0.717) is 30.5 Å². The van der Waals surface area contributed by atoms with Crippen LogP contribution in [0.2, 0.25) is 5.02 Å². The van der Waals surface area contributed by atoms with Crippen molar-refractivity contribution in [2.24, 2.45) is 5.73 Å². The molecule has 0 bridgehead atoms. The number of carbonyl (C=O) groups is 1. The second-order valence-corrected chi connectivity index (χ2v) is 10.0. The normalized spacial score (nSPS) is 19.5. The zero-order valence-corrected chi connectivity index (χ0v) is 18.9. The maximum absolute atomic E-state index is 13.4. The van der Waals surface area contributed by atoms with Gasteiger partial charge in [0.2, 0.25) is 0 Å². The van der Waals surface area contributed by atoms with Crippen LogP contribution in [0.3, 0.4) is 0 Å². The second kappa shape index (κ2) is 8.01. The van der Waals surface area contributed by atoms with Crippen LogP contribution in [0.5, 0.6) is 0 Å². The lowest BCUT2D eigenvalue weighted by molar-refractivity contribution is -0.137. The largest absolute Gasteiger partial charge is 0.416 e. The molecule has 2 N–H and O–H groups in total. The van der Waals surface area contributed by atoms with E-state index in [1.807, 2.05) is 12.1 Å². The van der Waals surface area contributed by atoms with Gasteiger partial charge in [0, 0.05) is 22.6 Å². The Kier molecular flexibility index (Phi) is 5.66. The number of hydrogen-bond donors (Lipinski definition) is 1. The molecule has 1 aromatic carbocycles. The number of thiophene rings is 1. The average molecular weight is 529 g/mol. The summed E-state index contributed by atoms with van der Waals surface area (Å²) in [6.45, 7) is 0. The van der Waals surface area contributed by atoms with Crippen molar-refractivity contribution >= 4 is 50.3 Å². The number of Topliss-reactive ketones (excluding diaryl/α,β-unsaturated/α-hetero) is 1. The van der Waals surface area contributed by atoms with Gasteiger partial charge in [-0.25, -0.2) is 0 Å². The minimum absolute atomic E-state index is 0.00486. The van der Waals surface area contributed by atoms with Crippen LogP contribution in [-0.2, 0) is 11.0 Å². The SMILES string of the molecule is N#CC1=C(N)N(c2cc(C(F)(F)F)ccc2Cl)C2=C(C(=O)CCC2)C1c1ccc(Br)s1. The number of carbonyl (C=O) groups excluding carboxylic acids is 1. The Bertz CT molecular complexity index is 1200. The Morgan fingerprint density at radius 3 is 2.61 bits per heavy atom. The molecular formula is C21H14BrClF3N3OS. The summed E-state index contributed by atoms with van der Waals surface area (Å²) in [5.41, 5.74) is 6.46. The van der Waals surface area contributed by atoms with E-state index < -0.39 is 17.7 Å². The summed E-state index contributed by atoms with van der Waals surface area (Å²) < 4.78 is 40.9. The van der Waals surface area contributed by atoms with E-state index in [0.717, 1.165) is 26.9 Å². The van der Waals surface area contributed by atoms with Crippen molar-refractivity contribution in [1.29, 1.82) is 5.26 Å². The summed E-state index contributed by atoms with van der Waals surface area (Å²) in [6.07, 6.45) is -3.33. The van der Waals surface area contributed by atoms with Gasteiger partial charge in [-0.3, -0.25) is 9.69 Å². The first-order valence-electron chi connectivity index (χ1n) is 9.21. The van der Waals surface area contributed by atoms with Crippen LogP contribution in [-0.4, -0.2) is 5.78 Å². The molecule has 160 valence electrons. The van der Waals surface area contributed by atoms with Gasteiger partial charge in [-0.1, -0.05) is 11.6 Å². The predicted octanol–water partition coefficient (Wildman–Crippen LogP) is 6.49.